The lowest BCUT2D eigenvalue weighted by Crippen LogP contribution is -2.53. The van der Waals surface area contributed by atoms with Crippen molar-refractivity contribution in [2.75, 3.05) is 13.1 Å². The average Bonchev–Trinajstić information content (AvgIpc) is 2.48. The maximum Gasteiger partial charge on any atom is 0.239 e. The third kappa shape index (κ3) is 5.11. The summed E-state index contributed by atoms with van der Waals surface area (Å²) in [5.41, 5.74) is 0.586. The fourth-order valence-corrected chi connectivity index (χ4v) is 2.57. The van der Waals surface area contributed by atoms with Gasteiger partial charge in [0.2, 0.25) is 11.8 Å². The van der Waals surface area contributed by atoms with Crippen LogP contribution in [-0.4, -0.2) is 37.0 Å². The van der Waals surface area contributed by atoms with Gasteiger partial charge in [-0.1, -0.05) is 12.1 Å². The normalized spacial score (nSPS) is 21.2. The van der Waals surface area contributed by atoms with Crippen molar-refractivity contribution in [3.63, 3.8) is 0 Å². The molecular weight excluding hydrogens is 285 g/mol. The first-order chi connectivity index (χ1) is 10.5. The zero-order chi connectivity index (χ0) is 15.9. The van der Waals surface area contributed by atoms with E-state index in [-0.39, 0.29) is 42.7 Å². The molecule has 120 valence electrons. The standard InChI is InChI=1S/C16H22FN3O2/c1-11-14(6-3-7-18-11)20-16(22)10-19-15(21)9-12-4-2-5-13(17)8-12/h2,4-5,8,11,14,18H,3,6-7,9-10H2,1H3,(H,19,21)(H,20,22). The van der Waals surface area contributed by atoms with E-state index in [4.69, 9.17) is 0 Å². The number of nitrogens with one attached hydrogen (secondary N) is 3. The Morgan fingerprint density at radius 2 is 2.18 bits per heavy atom. The van der Waals surface area contributed by atoms with Crippen LogP contribution in [0.25, 0.3) is 0 Å². The molecule has 6 heteroatoms. The molecule has 0 radical (unpaired) electrons. The molecule has 1 aromatic rings. The minimum atomic E-state index is -0.373. The molecule has 0 bridgehead atoms. The van der Waals surface area contributed by atoms with E-state index >= 15 is 0 Å². The van der Waals surface area contributed by atoms with Crippen LogP contribution in [0.1, 0.15) is 25.3 Å². The first kappa shape index (κ1) is 16.4. The van der Waals surface area contributed by atoms with Gasteiger partial charge < -0.3 is 16.0 Å². The predicted octanol–water partition coefficient (Wildman–Crippen LogP) is 0.741. The van der Waals surface area contributed by atoms with Crippen LogP contribution in [0.5, 0.6) is 0 Å². The fourth-order valence-electron chi connectivity index (χ4n) is 2.57. The summed E-state index contributed by atoms with van der Waals surface area (Å²) in [7, 11) is 0. The first-order valence-corrected chi connectivity index (χ1v) is 7.58. The maximum atomic E-state index is 13.0. The molecule has 22 heavy (non-hydrogen) atoms. The summed E-state index contributed by atoms with van der Waals surface area (Å²) >= 11 is 0. The summed E-state index contributed by atoms with van der Waals surface area (Å²) in [6, 6.07) is 6.21. The molecule has 1 heterocycles. The number of halogens is 1. The van der Waals surface area contributed by atoms with Crippen LogP contribution >= 0.6 is 0 Å². The van der Waals surface area contributed by atoms with Crippen molar-refractivity contribution < 1.29 is 14.0 Å². The van der Waals surface area contributed by atoms with Crippen LogP contribution < -0.4 is 16.0 Å². The Hall–Kier alpha value is -1.95. The number of amides is 2. The van der Waals surface area contributed by atoms with Crippen molar-refractivity contribution in [3.05, 3.63) is 35.6 Å². The van der Waals surface area contributed by atoms with Gasteiger partial charge in [-0.15, -0.1) is 0 Å². The number of piperidine rings is 1. The molecule has 2 unspecified atom stereocenters. The van der Waals surface area contributed by atoms with Crippen molar-refractivity contribution in [2.24, 2.45) is 0 Å². The van der Waals surface area contributed by atoms with Gasteiger partial charge in [0.1, 0.15) is 5.82 Å². The number of hydrogen-bond acceptors (Lipinski definition) is 3. The second kappa shape index (κ2) is 7.89. The molecule has 0 spiro atoms. The van der Waals surface area contributed by atoms with Crippen LogP contribution in [0.2, 0.25) is 0 Å². The van der Waals surface area contributed by atoms with Crippen LogP contribution in [0.15, 0.2) is 24.3 Å². The Morgan fingerprint density at radius 3 is 2.91 bits per heavy atom. The molecule has 1 aliphatic rings. The molecule has 2 rings (SSSR count). The van der Waals surface area contributed by atoms with Gasteiger partial charge in [-0.2, -0.15) is 0 Å². The highest BCUT2D eigenvalue weighted by atomic mass is 19.1. The van der Waals surface area contributed by atoms with Crippen LogP contribution in [0.4, 0.5) is 4.39 Å². The van der Waals surface area contributed by atoms with Crippen LogP contribution in [-0.2, 0) is 16.0 Å². The lowest BCUT2D eigenvalue weighted by atomic mass is 10.00. The molecule has 0 aliphatic carbocycles. The van der Waals surface area contributed by atoms with Crippen molar-refractivity contribution in [1.82, 2.24) is 16.0 Å². The molecule has 3 N–H and O–H groups in total. The van der Waals surface area contributed by atoms with E-state index in [2.05, 4.69) is 16.0 Å². The minimum Gasteiger partial charge on any atom is -0.350 e. The third-order valence-corrected chi connectivity index (χ3v) is 3.81. The summed E-state index contributed by atoms with van der Waals surface area (Å²) in [5, 5.41) is 8.78. The van der Waals surface area contributed by atoms with Crippen LogP contribution in [0, 0.1) is 5.82 Å². The second-order valence-electron chi connectivity index (χ2n) is 5.64. The highest BCUT2D eigenvalue weighted by Gasteiger charge is 2.22. The molecular formula is C16H22FN3O2. The lowest BCUT2D eigenvalue weighted by Gasteiger charge is -2.30. The second-order valence-corrected chi connectivity index (χ2v) is 5.64. The van der Waals surface area contributed by atoms with E-state index in [1.807, 2.05) is 6.92 Å². The van der Waals surface area contributed by atoms with Crippen LogP contribution in [0.3, 0.4) is 0 Å². The van der Waals surface area contributed by atoms with Gasteiger partial charge in [0.05, 0.1) is 13.0 Å². The van der Waals surface area contributed by atoms with E-state index in [9.17, 15) is 14.0 Å². The summed E-state index contributed by atoms with van der Waals surface area (Å²) in [6.07, 6.45) is 2.03. The van der Waals surface area contributed by atoms with Crippen molar-refractivity contribution in [2.45, 2.75) is 38.3 Å². The lowest BCUT2D eigenvalue weighted by molar-refractivity contribution is -0.126. The Balaban J connectivity index is 1.72. The van der Waals surface area contributed by atoms with Crippen molar-refractivity contribution >= 4 is 11.8 Å². The zero-order valence-corrected chi connectivity index (χ0v) is 12.7. The highest BCUT2D eigenvalue weighted by molar-refractivity contribution is 5.85. The number of carbonyl (C=O) groups excluding carboxylic acids is 2. The predicted molar refractivity (Wildman–Crippen MR) is 81.7 cm³/mol. The summed E-state index contributed by atoms with van der Waals surface area (Å²) in [5.74, 6) is -0.870. The fraction of sp³-hybridized carbons (Fsp3) is 0.500. The molecule has 1 aliphatic heterocycles. The van der Waals surface area contributed by atoms with E-state index in [1.54, 1.807) is 12.1 Å². The molecule has 0 saturated carbocycles. The summed E-state index contributed by atoms with van der Waals surface area (Å²) in [6.45, 7) is 2.95. The number of rotatable bonds is 5. The minimum absolute atomic E-state index is 0.0582. The first-order valence-electron chi connectivity index (χ1n) is 7.58. The molecule has 0 aromatic heterocycles. The van der Waals surface area contributed by atoms with E-state index in [1.165, 1.54) is 12.1 Å². The molecule has 2 atom stereocenters. The summed E-state index contributed by atoms with van der Waals surface area (Å²) < 4.78 is 13.0. The quantitative estimate of drug-likeness (QED) is 0.751. The van der Waals surface area contributed by atoms with Gasteiger partial charge in [-0.3, -0.25) is 9.59 Å². The van der Waals surface area contributed by atoms with Gasteiger partial charge in [0, 0.05) is 12.1 Å². The van der Waals surface area contributed by atoms with Gasteiger partial charge in [-0.25, -0.2) is 4.39 Å². The van der Waals surface area contributed by atoms with Crippen molar-refractivity contribution in [1.29, 1.82) is 0 Å². The largest absolute Gasteiger partial charge is 0.350 e. The van der Waals surface area contributed by atoms with E-state index < -0.39 is 0 Å². The number of hydrogen-bond donors (Lipinski definition) is 3. The third-order valence-electron chi connectivity index (χ3n) is 3.81. The maximum absolute atomic E-state index is 13.0. The molecule has 1 fully saturated rings. The molecule has 2 amide bonds. The zero-order valence-electron chi connectivity index (χ0n) is 12.7. The Labute approximate surface area is 129 Å². The smallest absolute Gasteiger partial charge is 0.239 e. The Bertz CT molecular complexity index is 536. The van der Waals surface area contributed by atoms with Gasteiger partial charge in [0.25, 0.3) is 0 Å². The average molecular weight is 307 g/mol. The monoisotopic (exact) mass is 307 g/mol. The Morgan fingerprint density at radius 1 is 1.36 bits per heavy atom. The Kier molecular flexibility index (Phi) is 5.89. The molecule has 5 nitrogen and oxygen atoms in total. The van der Waals surface area contributed by atoms with Crippen molar-refractivity contribution in [3.8, 4) is 0 Å². The van der Waals surface area contributed by atoms with E-state index in [0.29, 0.717) is 5.56 Å². The highest BCUT2D eigenvalue weighted by Crippen LogP contribution is 2.07. The van der Waals surface area contributed by atoms with E-state index in [0.717, 1.165) is 19.4 Å². The molecule has 1 saturated heterocycles. The summed E-state index contributed by atoms with van der Waals surface area (Å²) in [4.78, 5) is 23.6. The van der Waals surface area contributed by atoms with Gasteiger partial charge in [0.15, 0.2) is 0 Å². The SMILES string of the molecule is CC1NCCCC1NC(=O)CNC(=O)Cc1cccc(F)c1. The number of benzene rings is 1. The topological polar surface area (TPSA) is 70.2 Å². The van der Waals surface area contributed by atoms with Gasteiger partial charge >= 0.3 is 0 Å². The molecule has 1 aromatic carbocycles. The number of carbonyl (C=O) groups is 2. The van der Waals surface area contributed by atoms with Gasteiger partial charge in [-0.05, 0) is 44.0 Å².